The molecule has 4 N–H and O–H groups in total. The molecule has 1 aromatic carbocycles. The number of benzene rings is 1. The highest BCUT2D eigenvalue weighted by Crippen LogP contribution is 2.70. The molecule has 8 atom stereocenters. The minimum absolute atomic E-state index is 0.0462. The topological polar surface area (TPSA) is 128 Å². The van der Waals surface area contributed by atoms with Crippen molar-refractivity contribution in [3.05, 3.63) is 47.0 Å². The van der Waals surface area contributed by atoms with E-state index < -0.39 is 28.1 Å². The van der Waals surface area contributed by atoms with Crippen LogP contribution in [-0.2, 0) is 9.53 Å². The summed E-state index contributed by atoms with van der Waals surface area (Å²) < 4.78 is 5.23. The number of aliphatic hydroxyl groups excluding tert-OH is 1. The van der Waals surface area contributed by atoms with Gasteiger partial charge in [-0.2, -0.15) is 5.10 Å². The molecule has 0 bridgehead atoms. The highest BCUT2D eigenvalue weighted by molar-refractivity contribution is 5.95. The van der Waals surface area contributed by atoms with Crippen LogP contribution in [0.4, 0.5) is 0 Å². The van der Waals surface area contributed by atoms with Gasteiger partial charge in [-0.1, -0.05) is 25.1 Å². The van der Waals surface area contributed by atoms with Gasteiger partial charge in [-0.25, -0.2) is 10.2 Å². The predicted octanol–water partition coefficient (Wildman–Crippen LogP) is 3.42. The molecular weight excluding hydrogens is 496 g/mol. The number of carbonyl (C=O) groups is 2. The van der Waals surface area contributed by atoms with Gasteiger partial charge in [0.25, 0.3) is 5.91 Å². The van der Waals surface area contributed by atoms with Crippen LogP contribution in [0.25, 0.3) is 0 Å². The van der Waals surface area contributed by atoms with Crippen molar-refractivity contribution >= 4 is 18.1 Å². The minimum Gasteiger partial charge on any atom is -0.458 e. The summed E-state index contributed by atoms with van der Waals surface area (Å²) >= 11 is 0. The molecule has 0 radical (unpaired) electrons. The van der Waals surface area contributed by atoms with Gasteiger partial charge in [-0.15, -0.1) is 0 Å². The Hall–Kier alpha value is -2.55. The molecule has 1 amide bonds. The van der Waals surface area contributed by atoms with E-state index >= 15 is 0 Å². The average Bonchev–Trinajstić information content (AvgIpc) is 3.44. The smallest absolute Gasteiger partial charge is 0.331 e. The molecule has 5 aliphatic rings. The number of cyclic esters (lactones) is 1. The lowest BCUT2D eigenvalue weighted by atomic mass is 9.41. The van der Waals surface area contributed by atoms with Gasteiger partial charge in [-0.05, 0) is 93.2 Å². The molecule has 1 heterocycles. The van der Waals surface area contributed by atoms with E-state index in [1.54, 1.807) is 18.4 Å². The monoisotopic (exact) mass is 536 g/mol. The number of amides is 1. The van der Waals surface area contributed by atoms with E-state index in [-0.39, 0.29) is 36.1 Å². The zero-order chi connectivity index (χ0) is 27.6. The highest BCUT2D eigenvalue weighted by Gasteiger charge is 2.71. The van der Waals surface area contributed by atoms with Crippen LogP contribution in [0.3, 0.4) is 0 Å². The molecule has 210 valence electrons. The van der Waals surface area contributed by atoms with Gasteiger partial charge < -0.3 is 20.1 Å². The van der Waals surface area contributed by atoms with Gasteiger partial charge in [-0.3, -0.25) is 4.79 Å². The van der Waals surface area contributed by atoms with Gasteiger partial charge >= 0.3 is 5.97 Å². The largest absolute Gasteiger partial charge is 0.458 e. The van der Waals surface area contributed by atoms with Gasteiger partial charge in [0.05, 0.1) is 17.3 Å². The van der Waals surface area contributed by atoms with E-state index in [0.29, 0.717) is 44.3 Å². The molecule has 6 rings (SSSR count). The maximum absolute atomic E-state index is 12.9. The molecule has 1 aromatic rings. The number of hydrogen-bond donors (Lipinski definition) is 4. The molecule has 8 nitrogen and oxygen atoms in total. The quantitative estimate of drug-likeness (QED) is 0.265. The Morgan fingerprint density at radius 2 is 1.85 bits per heavy atom. The van der Waals surface area contributed by atoms with E-state index in [1.165, 1.54) is 0 Å². The lowest BCUT2D eigenvalue weighted by molar-refractivity contribution is -0.237. The zero-order valence-corrected chi connectivity index (χ0v) is 22.9. The third-order valence-corrected chi connectivity index (χ3v) is 11.5. The number of nitrogens with zero attached hydrogens (tertiary/aromatic N) is 1. The number of esters is 1. The number of carbonyl (C=O) groups excluding carboxylic acids is 2. The van der Waals surface area contributed by atoms with Crippen molar-refractivity contribution in [3.63, 3.8) is 0 Å². The Morgan fingerprint density at radius 3 is 2.59 bits per heavy atom. The molecule has 4 aliphatic carbocycles. The summed E-state index contributed by atoms with van der Waals surface area (Å²) in [5, 5.41) is 39.6. The number of hydrazone groups is 1. The molecule has 0 saturated heterocycles. The van der Waals surface area contributed by atoms with E-state index in [0.717, 1.165) is 30.4 Å². The fraction of sp³-hybridized carbons (Fsp3) is 0.645. The standard InChI is InChI=1S/C31H40N2O6/c1-19-5-3-4-6-22(19)27(36)33-32-18-29-12-7-21(34)16-30(29,37)13-9-25-24(29)8-11-28(2)23(10-14-31(25,28)38)20-15-26(35)39-17-20/h3-6,15,18,21,23-25,34,37-38H,7-14,16-17H2,1-2H3,(H,33,36)/b32-18+/t21-,23?,24+,25-,28?,29?,30?,31?/m1/s1. The van der Waals surface area contributed by atoms with Crippen molar-refractivity contribution in [2.45, 2.75) is 88.9 Å². The van der Waals surface area contributed by atoms with Crippen LogP contribution < -0.4 is 5.43 Å². The molecule has 0 aromatic heterocycles. The van der Waals surface area contributed by atoms with E-state index in [9.17, 15) is 24.9 Å². The number of fused-ring (bicyclic) bond motifs is 5. The molecule has 0 spiro atoms. The van der Waals surface area contributed by atoms with Gasteiger partial charge in [0.2, 0.25) is 0 Å². The summed E-state index contributed by atoms with van der Waals surface area (Å²) in [4.78, 5) is 24.7. The van der Waals surface area contributed by atoms with Crippen molar-refractivity contribution in [3.8, 4) is 0 Å². The van der Waals surface area contributed by atoms with Crippen molar-refractivity contribution in [2.24, 2.45) is 33.7 Å². The summed E-state index contributed by atoms with van der Waals surface area (Å²) in [6, 6.07) is 7.33. The maximum Gasteiger partial charge on any atom is 0.331 e. The van der Waals surface area contributed by atoms with E-state index in [4.69, 9.17) is 4.74 Å². The van der Waals surface area contributed by atoms with Crippen LogP contribution in [0.2, 0.25) is 0 Å². The van der Waals surface area contributed by atoms with Crippen molar-refractivity contribution < 1.29 is 29.6 Å². The van der Waals surface area contributed by atoms with Crippen molar-refractivity contribution in [2.75, 3.05) is 6.61 Å². The number of rotatable bonds is 4. The predicted molar refractivity (Wildman–Crippen MR) is 145 cm³/mol. The third-order valence-electron chi connectivity index (χ3n) is 11.5. The second-order valence-electron chi connectivity index (χ2n) is 13.0. The van der Waals surface area contributed by atoms with Gasteiger partial charge in [0.1, 0.15) is 6.61 Å². The second-order valence-corrected chi connectivity index (χ2v) is 13.0. The lowest BCUT2D eigenvalue weighted by Crippen LogP contribution is -2.68. The number of aryl methyl sites for hydroxylation is 1. The van der Waals surface area contributed by atoms with Crippen LogP contribution in [0.5, 0.6) is 0 Å². The first-order chi connectivity index (χ1) is 18.5. The fourth-order valence-corrected chi connectivity index (χ4v) is 9.45. The van der Waals surface area contributed by atoms with Crippen molar-refractivity contribution in [1.29, 1.82) is 0 Å². The number of ether oxygens (including phenoxy) is 1. The highest BCUT2D eigenvalue weighted by atomic mass is 16.5. The summed E-state index contributed by atoms with van der Waals surface area (Å²) in [5.74, 6) is -0.627. The molecule has 1 aliphatic heterocycles. The number of hydrogen-bond acceptors (Lipinski definition) is 7. The van der Waals surface area contributed by atoms with Gasteiger partial charge in [0.15, 0.2) is 0 Å². The second kappa shape index (κ2) is 9.25. The minimum atomic E-state index is -1.17. The summed E-state index contributed by atoms with van der Waals surface area (Å²) in [6.07, 6.45) is 8.21. The Kier molecular flexibility index (Phi) is 6.32. The van der Waals surface area contributed by atoms with Crippen LogP contribution in [0, 0.1) is 35.5 Å². The Bertz CT molecular complexity index is 1250. The molecule has 5 unspecified atom stereocenters. The Balaban J connectivity index is 1.33. The van der Waals surface area contributed by atoms with Crippen LogP contribution in [0.1, 0.15) is 80.6 Å². The molecular formula is C31H40N2O6. The maximum atomic E-state index is 12.9. The number of aliphatic hydroxyl groups is 3. The van der Waals surface area contributed by atoms with Crippen molar-refractivity contribution in [1.82, 2.24) is 5.43 Å². The van der Waals surface area contributed by atoms with E-state index in [2.05, 4.69) is 17.5 Å². The Labute approximate surface area is 229 Å². The first-order valence-corrected chi connectivity index (χ1v) is 14.4. The Morgan fingerprint density at radius 1 is 1.08 bits per heavy atom. The van der Waals surface area contributed by atoms with Crippen LogP contribution in [0.15, 0.2) is 41.0 Å². The summed E-state index contributed by atoms with van der Waals surface area (Å²) in [5.41, 5.74) is 1.80. The normalized spacial score (nSPS) is 43.3. The summed E-state index contributed by atoms with van der Waals surface area (Å²) in [7, 11) is 0. The lowest BCUT2D eigenvalue weighted by Gasteiger charge is -2.65. The van der Waals surface area contributed by atoms with Crippen LogP contribution >= 0.6 is 0 Å². The molecule has 4 fully saturated rings. The fourth-order valence-electron chi connectivity index (χ4n) is 9.45. The first kappa shape index (κ1) is 26.7. The molecule has 39 heavy (non-hydrogen) atoms. The molecule has 8 heteroatoms. The zero-order valence-electron chi connectivity index (χ0n) is 22.9. The van der Waals surface area contributed by atoms with Gasteiger partial charge in [0, 0.05) is 35.1 Å². The third kappa shape index (κ3) is 3.85. The molecule has 4 saturated carbocycles. The van der Waals surface area contributed by atoms with E-state index in [1.807, 2.05) is 25.1 Å². The average molecular weight is 537 g/mol. The van der Waals surface area contributed by atoms with Crippen LogP contribution in [-0.4, -0.2) is 57.3 Å². The first-order valence-electron chi connectivity index (χ1n) is 14.4. The number of nitrogens with one attached hydrogen (secondary N) is 1. The summed E-state index contributed by atoms with van der Waals surface area (Å²) in [6.45, 7) is 4.35. The SMILES string of the molecule is Cc1ccccc1C(=O)N/N=C/C12CC[C@@H](O)CC1(O)CC[C@@H]1[C@@H]2CCC2(C)C(C3=CC(=O)OC3)CCC12O.